The third-order valence-electron chi connectivity index (χ3n) is 4.38. The van der Waals surface area contributed by atoms with Crippen molar-refractivity contribution < 1.29 is 14.3 Å². The third kappa shape index (κ3) is 3.02. The van der Waals surface area contributed by atoms with Crippen LogP contribution in [0.2, 0.25) is 5.02 Å². The molecule has 0 unspecified atom stereocenters. The second-order valence-corrected chi connectivity index (χ2v) is 6.37. The lowest BCUT2D eigenvalue weighted by Gasteiger charge is -2.22. The molecule has 1 aliphatic rings. The molecule has 0 aromatic heterocycles. The minimum atomic E-state index is -0.595. The van der Waals surface area contributed by atoms with Crippen molar-refractivity contribution in [1.29, 1.82) is 0 Å². The lowest BCUT2D eigenvalue weighted by molar-refractivity contribution is -0.130. The Balaban J connectivity index is 1.82. The standard InChI is InChI=1S/C19H18ClNO3/c1-12(14-8-10-16(20)11-9-14)18(22)21-13(2)17(24-19(21)23)15-6-4-3-5-7-15/h3-13,17H,1-2H3/t12-,13-,17-/m1/s1. The van der Waals surface area contributed by atoms with Crippen molar-refractivity contribution in [2.45, 2.75) is 31.9 Å². The first kappa shape index (κ1) is 16.5. The first-order valence-corrected chi connectivity index (χ1v) is 8.21. The number of ether oxygens (including phenoxy) is 1. The van der Waals surface area contributed by atoms with Crippen LogP contribution in [0.15, 0.2) is 54.6 Å². The van der Waals surface area contributed by atoms with Gasteiger partial charge in [-0.3, -0.25) is 4.79 Å². The second-order valence-electron chi connectivity index (χ2n) is 5.94. The number of halogens is 1. The molecule has 3 atom stereocenters. The molecule has 0 radical (unpaired) electrons. The van der Waals surface area contributed by atoms with Gasteiger partial charge in [-0.25, -0.2) is 9.69 Å². The normalized spacial score (nSPS) is 21.5. The second kappa shape index (κ2) is 6.65. The number of imide groups is 1. The predicted octanol–water partition coefficient (Wildman–Crippen LogP) is 4.55. The molecule has 2 aromatic rings. The van der Waals surface area contributed by atoms with E-state index < -0.39 is 18.1 Å². The van der Waals surface area contributed by atoms with Gasteiger partial charge >= 0.3 is 6.09 Å². The zero-order valence-corrected chi connectivity index (χ0v) is 14.2. The monoisotopic (exact) mass is 343 g/mol. The van der Waals surface area contributed by atoms with E-state index >= 15 is 0 Å². The fourth-order valence-electron chi connectivity index (χ4n) is 2.95. The van der Waals surface area contributed by atoms with Crippen LogP contribution in [0.5, 0.6) is 0 Å². The van der Waals surface area contributed by atoms with E-state index in [0.29, 0.717) is 5.02 Å². The summed E-state index contributed by atoms with van der Waals surface area (Å²) < 4.78 is 5.44. The Hall–Kier alpha value is -2.33. The zero-order chi connectivity index (χ0) is 17.3. The number of rotatable bonds is 3. The van der Waals surface area contributed by atoms with Crippen molar-refractivity contribution in [3.63, 3.8) is 0 Å². The number of hydrogen-bond donors (Lipinski definition) is 0. The summed E-state index contributed by atoms with van der Waals surface area (Å²) in [5, 5.41) is 0.608. The van der Waals surface area contributed by atoms with Crippen molar-refractivity contribution in [2.24, 2.45) is 0 Å². The van der Waals surface area contributed by atoms with Crippen LogP contribution in [-0.2, 0) is 9.53 Å². The Labute approximate surface area is 146 Å². The highest BCUT2D eigenvalue weighted by Crippen LogP contribution is 2.34. The summed E-state index contributed by atoms with van der Waals surface area (Å²) >= 11 is 5.89. The summed E-state index contributed by atoms with van der Waals surface area (Å²) in [7, 11) is 0. The van der Waals surface area contributed by atoms with E-state index in [-0.39, 0.29) is 11.9 Å². The maximum Gasteiger partial charge on any atom is 0.417 e. The quantitative estimate of drug-likeness (QED) is 0.821. The van der Waals surface area contributed by atoms with Gasteiger partial charge in [-0.1, -0.05) is 54.1 Å². The van der Waals surface area contributed by atoms with E-state index in [1.165, 1.54) is 4.90 Å². The van der Waals surface area contributed by atoms with Crippen LogP contribution in [0.3, 0.4) is 0 Å². The van der Waals surface area contributed by atoms with Gasteiger partial charge in [0.1, 0.15) is 6.10 Å². The Morgan fingerprint density at radius 3 is 2.38 bits per heavy atom. The molecule has 0 bridgehead atoms. The minimum absolute atomic E-state index is 0.270. The molecule has 1 fully saturated rings. The van der Waals surface area contributed by atoms with Gasteiger partial charge in [-0.2, -0.15) is 0 Å². The molecule has 0 spiro atoms. The smallest absolute Gasteiger partial charge is 0.417 e. The molecule has 0 N–H and O–H groups in total. The zero-order valence-electron chi connectivity index (χ0n) is 13.5. The van der Waals surface area contributed by atoms with Crippen molar-refractivity contribution in [3.05, 3.63) is 70.7 Å². The lowest BCUT2D eigenvalue weighted by atomic mass is 9.98. The number of carbonyl (C=O) groups is 2. The molecular formula is C19H18ClNO3. The summed E-state index contributed by atoms with van der Waals surface area (Å²) in [5.41, 5.74) is 1.69. The fraction of sp³-hybridized carbons (Fsp3) is 0.263. The lowest BCUT2D eigenvalue weighted by Crippen LogP contribution is -2.40. The van der Waals surface area contributed by atoms with E-state index in [4.69, 9.17) is 16.3 Å². The largest absolute Gasteiger partial charge is 0.439 e. The van der Waals surface area contributed by atoms with E-state index in [0.717, 1.165) is 11.1 Å². The van der Waals surface area contributed by atoms with Gasteiger partial charge < -0.3 is 4.74 Å². The number of hydrogen-bond acceptors (Lipinski definition) is 3. The highest BCUT2D eigenvalue weighted by atomic mass is 35.5. The molecule has 4 nitrogen and oxygen atoms in total. The molecular weight excluding hydrogens is 326 g/mol. The average molecular weight is 344 g/mol. The van der Waals surface area contributed by atoms with Gasteiger partial charge in [-0.15, -0.1) is 0 Å². The molecule has 1 aliphatic heterocycles. The van der Waals surface area contributed by atoms with Crippen LogP contribution in [-0.4, -0.2) is 22.9 Å². The minimum Gasteiger partial charge on any atom is -0.439 e. The van der Waals surface area contributed by atoms with Crippen LogP contribution in [0.25, 0.3) is 0 Å². The number of carbonyl (C=O) groups excluding carboxylic acids is 2. The highest BCUT2D eigenvalue weighted by molar-refractivity contribution is 6.30. The van der Waals surface area contributed by atoms with Crippen LogP contribution >= 0.6 is 11.6 Å². The maximum absolute atomic E-state index is 12.8. The first-order chi connectivity index (χ1) is 11.5. The summed E-state index contributed by atoms with van der Waals surface area (Å²) in [6, 6.07) is 16.2. The van der Waals surface area contributed by atoms with Gasteiger partial charge in [0.25, 0.3) is 0 Å². The molecule has 0 aliphatic carbocycles. The molecule has 2 aromatic carbocycles. The average Bonchev–Trinajstić information content (AvgIpc) is 2.89. The molecule has 1 saturated heterocycles. The third-order valence-corrected chi connectivity index (χ3v) is 4.63. The SMILES string of the molecule is C[C@@H]1[C@H](c2ccccc2)OC(=O)N1C(=O)[C@H](C)c1ccc(Cl)cc1. The molecule has 24 heavy (non-hydrogen) atoms. The van der Waals surface area contributed by atoms with Crippen LogP contribution in [0, 0.1) is 0 Å². The Morgan fingerprint density at radius 1 is 1.12 bits per heavy atom. The van der Waals surface area contributed by atoms with Crippen LogP contribution in [0.1, 0.15) is 37.0 Å². The molecule has 0 saturated carbocycles. The van der Waals surface area contributed by atoms with E-state index in [1.54, 1.807) is 31.2 Å². The number of benzene rings is 2. The van der Waals surface area contributed by atoms with E-state index in [1.807, 2.05) is 37.3 Å². The van der Waals surface area contributed by atoms with Gasteiger partial charge in [0.05, 0.1) is 12.0 Å². The summed E-state index contributed by atoms with van der Waals surface area (Å²) in [4.78, 5) is 26.3. The topological polar surface area (TPSA) is 46.6 Å². The summed E-state index contributed by atoms with van der Waals surface area (Å²) in [6.07, 6.45) is -1.04. The first-order valence-electron chi connectivity index (χ1n) is 7.83. The Kier molecular flexibility index (Phi) is 4.58. The van der Waals surface area contributed by atoms with Crippen molar-refractivity contribution in [3.8, 4) is 0 Å². The fourth-order valence-corrected chi connectivity index (χ4v) is 3.07. The predicted molar refractivity (Wildman–Crippen MR) is 91.8 cm³/mol. The van der Waals surface area contributed by atoms with Crippen LogP contribution < -0.4 is 0 Å². The maximum atomic E-state index is 12.8. The molecule has 2 amide bonds. The summed E-state index contributed by atoms with van der Waals surface area (Å²) in [6.45, 7) is 3.61. The number of amides is 2. The Morgan fingerprint density at radius 2 is 1.75 bits per heavy atom. The van der Waals surface area contributed by atoms with Gasteiger partial charge in [0.2, 0.25) is 5.91 Å². The summed E-state index contributed by atoms with van der Waals surface area (Å²) in [5.74, 6) is -0.722. The van der Waals surface area contributed by atoms with Crippen molar-refractivity contribution in [1.82, 2.24) is 4.90 Å². The van der Waals surface area contributed by atoms with E-state index in [9.17, 15) is 9.59 Å². The van der Waals surface area contributed by atoms with Crippen molar-refractivity contribution in [2.75, 3.05) is 0 Å². The Bertz CT molecular complexity index is 745. The van der Waals surface area contributed by atoms with E-state index in [2.05, 4.69) is 0 Å². The highest BCUT2D eigenvalue weighted by Gasteiger charge is 2.44. The van der Waals surface area contributed by atoms with Gasteiger partial charge in [0.15, 0.2) is 0 Å². The van der Waals surface area contributed by atoms with Gasteiger partial charge in [0, 0.05) is 5.02 Å². The molecule has 3 rings (SSSR count). The van der Waals surface area contributed by atoms with Gasteiger partial charge in [-0.05, 0) is 37.1 Å². The number of cyclic esters (lactones) is 1. The van der Waals surface area contributed by atoms with Crippen molar-refractivity contribution >= 4 is 23.6 Å². The molecule has 124 valence electrons. The molecule has 1 heterocycles. The number of nitrogens with zero attached hydrogens (tertiary/aromatic N) is 1. The van der Waals surface area contributed by atoms with Crippen LogP contribution in [0.4, 0.5) is 4.79 Å². The molecule has 5 heteroatoms.